The van der Waals surface area contributed by atoms with Gasteiger partial charge < -0.3 is 18.6 Å². The van der Waals surface area contributed by atoms with Crippen LogP contribution in [0.25, 0.3) is 22.1 Å². The van der Waals surface area contributed by atoms with E-state index in [4.69, 9.17) is 30.2 Å². The van der Waals surface area contributed by atoms with Gasteiger partial charge in [0.2, 0.25) is 0 Å². The number of hydrogen-bond acceptors (Lipinski definition) is 6. The molecular weight excluding hydrogens is 432 g/mol. The molecular formula is C25H19ClO6. The van der Waals surface area contributed by atoms with Gasteiger partial charge in [0.15, 0.2) is 0 Å². The number of benzene rings is 3. The van der Waals surface area contributed by atoms with Crippen molar-refractivity contribution < 1.29 is 23.4 Å². The molecule has 0 fully saturated rings. The molecule has 0 atom stereocenters. The maximum absolute atomic E-state index is 12.8. The lowest BCUT2D eigenvalue weighted by Gasteiger charge is -2.13. The summed E-state index contributed by atoms with van der Waals surface area (Å²) in [6, 6.07) is 16.9. The van der Waals surface area contributed by atoms with Crippen LogP contribution in [-0.4, -0.2) is 20.2 Å². The van der Waals surface area contributed by atoms with Crippen LogP contribution in [0.5, 0.6) is 17.2 Å². The molecule has 3 aromatic carbocycles. The number of ether oxygens (including phenoxy) is 3. The summed E-state index contributed by atoms with van der Waals surface area (Å²) < 4.78 is 21.6. The summed E-state index contributed by atoms with van der Waals surface area (Å²) >= 11 is 5.96. The molecule has 0 aliphatic heterocycles. The minimum absolute atomic E-state index is 0.160. The van der Waals surface area contributed by atoms with Crippen molar-refractivity contribution in [3.8, 4) is 28.4 Å². The predicted octanol–water partition coefficient (Wildman–Crippen LogP) is 5.66. The van der Waals surface area contributed by atoms with Crippen LogP contribution in [-0.2, 0) is 0 Å². The third kappa shape index (κ3) is 3.92. The molecule has 4 rings (SSSR count). The van der Waals surface area contributed by atoms with Gasteiger partial charge in [0.1, 0.15) is 28.4 Å². The first kappa shape index (κ1) is 21.5. The Kier molecular flexibility index (Phi) is 5.88. The van der Waals surface area contributed by atoms with Crippen LogP contribution in [0.2, 0.25) is 5.02 Å². The summed E-state index contributed by atoms with van der Waals surface area (Å²) in [6.45, 7) is 1.84. The number of carbonyl (C=O) groups excluding carboxylic acids is 1. The number of aryl methyl sites for hydroxylation is 1. The summed E-state index contributed by atoms with van der Waals surface area (Å²) in [5.74, 6) is 0.211. The average molecular weight is 451 g/mol. The number of hydrogen-bond donors (Lipinski definition) is 0. The average Bonchev–Trinajstić information content (AvgIpc) is 2.79. The number of rotatable bonds is 5. The second-order valence-corrected chi connectivity index (χ2v) is 7.42. The number of halogens is 1. The fourth-order valence-electron chi connectivity index (χ4n) is 3.56. The number of esters is 1. The minimum atomic E-state index is -0.657. The van der Waals surface area contributed by atoms with Crippen molar-refractivity contribution in [1.82, 2.24) is 0 Å². The Labute approximate surface area is 188 Å². The van der Waals surface area contributed by atoms with Crippen LogP contribution in [0.1, 0.15) is 15.9 Å². The molecule has 0 N–H and O–H groups in total. The topological polar surface area (TPSA) is 75.0 Å². The maximum Gasteiger partial charge on any atom is 0.351 e. The molecule has 0 amide bonds. The smallest absolute Gasteiger partial charge is 0.351 e. The largest absolute Gasteiger partial charge is 0.496 e. The Bertz CT molecular complexity index is 1350. The highest BCUT2D eigenvalue weighted by Gasteiger charge is 2.21. The molecule has 0 unspecified atom stereocenters. The van der Waals surface area contributed by atoms with Crippen molar-refractivity contribution in [2.75, 3.05) is 14.2 Å². The van der Waals surface area contributed by atoms with Crippen LogP contribution in [0, 0.1) is 6.92 Å². The zero-order valence-corrected chi connectivity index (χ0v) is 18.4. The molecule has 0 bridgehead atoms. The van der Waals surface area contributed by atoms with Crippen LogP contribution in [0.15, 0.2) is 69.9 Å². The van der Waals surface area contributed by atoms with Gasteiger partial charge in [-0.25, -0.2) is 9.59 Å². The van der Waals surface area contributed by atoms with Crippen LogP contribution in [0.4, 0.5) is 0 Å². The molecule has 4 aromatic rings. The Morgan fingerprint density at radius 2 is 1.59 bits per heavy atom. The van der Waals surface area contributed by atoms with Crippen LogP contribution in [0.3, 0.4) is 0 Å². The van der Waals surface area contributed by atoms with Gasteiger partial charge in [0.05, 0.1) is 19.8 Å². The van der Waals surface area contributed by atoms with E-state index >= 15 is 0 Å². The maximum atomic E-state index is 12.8. The molecule has 0 saturated carbocycles. The van der Waals surface area contributed by atoms with E-state index in [1.165, 1.54) is 20.3 Å². The third-order valence-corrected chi connectivity index (χ3v) is 5.37. The summed E-state index contributed by atoms with van der Waals surface area (Å²) in [5, 5.41) is 1.30. The van der Waals surface area contributed by atoms with Crippen molar-refractivity contribution in [3.05, 3.63) is 87.2 Å². The second kappa shape index (κ2) is 8.77. The Morgan fingerprint density at radius 1 is 0.938 bits per heavy atom. The molecule has 1 heterocycles. The fraction of sp³-hybridized carbons (Fsp3) is 0.120. The highest BCUT2D eigenvalue weighted by atomic mass is 35.5. The molecule has 1 aromatic heterocycles. The number of fused-ring (bicyclic) bond motifs is 1. The highest BCUT2D eigenvalue weighted by molar-refractivity contribution is 6.30. The van der Waals surface area contributed by atoms with E-state index in [2.05, 4.69) is 0 Å². The molecule has 6 nitrogen and oxygen atoms in total. The Hall–Kier alpha value is -3.77. The van der Waals surface area contributed by atoms with Crippen molar-refractivity contribution >= 4 is 28.5 Å². The SMILES string of the molecule is COc1cccc(OC)c1C(=O)Oc1ccc2c(C)c(-c3ccc(Cl)cc3)c(=O)oc2c1. The van der Waals surface area contributed by atoms with Gasteiger partial charge in [-0.1, -0.05) is 29.8 Å². The lowest BCUT2D eigenvalue weighted by Crippen LogP contribution is -2.12. The molecule has 32 heavy (non-hydrogen) atoms. The normalized spacial score (nSPS) is 10.8. The summed E-state index contributed by atoms with van der Waals surface area (Å²) in [7, 11) is 2.91. The molecule has 0 aliphatic rings. The Balaban J connectivity index is 1.73. The standard InChI is InChI=1S/C25H19ClO6/c1-14-18-12-11-17(31-25(28)23-19(29-2)5-4-6-20(23)30-3)13-21(18)32-24(27)22(14)15-7-9-16(26)10-8-15/h4-13H,1-3H3. The summed E-state index contributed by atoms with van der Waals surface area (Å²) in [6.07, 6.45) is 0. The predicted molar refractivity (Wildman–Crippen MR) is 122 cm³/mol. The minimum Gasteiger partial charge on any atom is -0.496 e. The van der Waals surface area contributed by atoms with Gasteiger partial charge in [0.25, 0.3) is 0 Å². The lowest BCUT2D eigenvalue weighted by molar-refractivity contribution is 0.0727. The van der Waals surface area contributed by atoms with Crippen molar-refractivity contribution in [2.45, 2.75) is 6.92 Å². The molecule has 0 aliphatic carbocycles. The Morgan fingerprint density at radius 3 is 2.22 bits per heavy atom. The van der Waals surface area contributed by atoms with Gasteiger partial charge in [-0.15, -0.1) is 0 Å². The lowest BCUT2D eigenvalue weighted by atomic mass is 9.99. The van der Waals surface area contributed by atoms with Crippen molar-refractivity contribution in [1.29, 1.82) is 0 Å². The van der Waals surface area contributed by atoms with Gasteiger partial charge in [-0.3, -0.25) is 0 Å². The first-order chi connectivity index (χ1) is 15.4. The first-order valence-electron chi connectivity index (χ1n) is 9.69. The summed E-state index contributed by atoms with van der Waals surface area (Å²) in [5.41, 5.74) is 1.89. The highest BCUT2D eigenvalue weighted by Crippen LogP contribution is 2.32. The number of carbonyl (C=O) groups is 1. The van der Waals surface area contributed by atoms with Crippen molar-refractivity contribution in [3.63, 3.8) is 0 Å². The van der Waals surface area contributed by atoms with Crippen LogP contribution < -0.4 is 19.8 Å². The summed E-state index contributed by atoms with van der Waals surface area (Å²) in [4.78, 5) is 25.5. The van der Waals surface area contributed by atoms with E-state index in [1.54, 1.807) is 54.6 Å². The quantitative estimate of drug-likeness (QED) is 0.222. The second-order valence-electron chi connectivity index (χ2n) is 6.98. The van der Waals surface area contributed by atoms with E-state index in [0.29, 0.717) is 33.2 Å². The van der Waals surface area contributed by atoms with Crippen molar-refractivity contribution in [2.24, 2.45) is 0 Å². The molecule has 0 saturated heterocycles. The van der Waals surface area contributed by atoms with Crippen LogP contribution >= 0.6 is 11.6 Å². The zero-order chi connectivity index (χ0) is 22.8. The molecule has 0 spiro atoms. The van der Waals surface area contributed by atoms with E-state index < -0.39 is 11.6 Å². The molecule has 7 heteroatoms. The monoisotopic (exact) mass is 450 g/mol. The van der Waals surface area contributed by atoms with E-state index in [9.17, 15) is 9.59 Å². The zero-order valence-electron chi connectivity index (χ0n) is 17.6. The first-order valence-corrected chi connectivity index (χ1v) is 10.1. The van der Waals surface area contributed by atoms with Gasteiger partial charge in [-0.2, -0.15) is 0 Å². The van der Waals surface area contributed by atoms with Gasteiger partial charge >= 0.3 is 11.6 Å². The van der Waals surface area contributed by atoms with E-state index in [1.807, 2.05) is 6.92 Å². The van der Waals surface area contributed by atoms with E-state index in [0.717, 1.165) is 10.9 Å². The molecule has 162 valence electrons. The number of methoxy groups -OCH3 is 2. The van der Waals surface area contributed by atoms with Gasteiger partial charge in [-0.05, 0) is 54.4 Å². The van der Waals surface area contributed by atoms with E-state index in [-0.39, 0.29) is 11.3 Å². The fourth-order valence-corrected chi connectivity index (χ4v) is 3.69. The van der Waals surface area contributed by atoms with Gasteiger partial charge in [0, 0.05) is 16.5 Å². The molecule has 0 radical (unpaired) electrons. The third-order valence-electron chi connectivity index (χ3n) is 5.11.